The predicted octanol–water partition coefficient (Wildman–Crippen LogP) is 2.35. The highest BCUT2D eigenvalue weighted by atomic mass is 79.9. The van der Waals surface area contributed by atoms with E-state index in [9.17, 15) is 8.42 Å². The molecule has 0 spiro atoms. The molecule has 0 saturated carbocycles. The molecule has 96 valence electrons. The van der Waals surface area contributed by atoms with Crippen LogP contribution in [-0.2, 0) is 16.3 Å². The standard InChI is InChI=1S/C12H18BrNO2S/c1-14(2)8-4-5-10-6-7-11(13)9-12(10)17(3,15)16/h6-7,9H,4-5,8H2,1-3H3. The van der Waals surface area contributed by atoms with Gasteiger partial charge in [-0.2, -0.15) is 0 Å². The van der Waals surface area contributed by atoms with E-state index in [4.69, 9.17) is 0 Å². The molecule has 5 heteroatoms. The zero-order valence-corrected chi connectivity index (χ0v) is 12.8. The van der Waals surface area contributed by atoms with Crippen molar-refractivity contribution in [2.75, 3.05) is 26.9 Å². The number of benzene rings is 1. The van der Waals surface area contributed by atoms with E-state index in [0.29, 0.717) is 4.90 Å². The van der Waals surface area contributed by atoms with Crippen LogP contribution in [0, 0.1) is 0 Å². The van der Waals surface area contributed by atoms with Gasteiger partial charge in [-0.3, -0.25) is 0 Å². The fourth-order valence-electron chi connectivity index (χ4n) is 1.67. The van der Waals surface area contributed by atoms with Crippen LogP contribution in [0.4, 0.5) is 0 Å². The number of rotatable bonds is 5. The Balaban J connectivity index is 2.92. The molecule has 0 aromatic heterocycles. The summed E-state index contributed by atoms with van der Waals surface area (Å²) in [6.07, 6.45) is 3.00. The smallest absolute Gasteiger partial charge is 0.175 e. The van der Waals surface area contributed by atoms with Crippen LogP contribution in [-0.4, -0.2) is 40.2 Å². The Labute approximate surface area is 112 Å². The van der Waals surface area contributed by atoms with Gasteiger partial charge in [0.15, 0.2) is 9.84 Å². The maximum atomic E-state index is 11.7. The van der Waals surface area contributed by atoms with E-state index < -0.39 is 9.84 Å². The molecule has 0 radical (unpaired) electrons. The third-order valence-corrected chi connectivity index (χ3v) is 4.15. The average Bonchev–Trinajstić information content (AvgIpc) is 2.18. The summed E-state index contributed by atoms with van der Waals surface area (Å²) in [6.45, 7) is 0.958. The second kappa shape index (κ2) is 5.98. The van der Waals surface area contributed by atoms with E-state index in [1.54, 1.807) is 6.07 Å². The summed E-state index contributed by atoms with van der Waals surface area (Å²) < 4.78 is 24.1. The van der Waals surface area contributed by atoms with Crippen LogP contribution >= 0.6 is 15.9 Å². The Hall–Kier alpha value is -0.390. The molecule has 0 fully saturated rings. The molecule has 0 N–H and O–H groups in total. The van der Waals surface area contributed by atoms with Crippen LogP contribution in [0.3, 0.4) is 0 Å². The first-order valence-electron chi connectivity index (χ1n) is 5.44. The van der Waals surface area contributed by atoms with Crippen molar-refractivity contribution < 1.29 is 8.42 Å². The van der Waals surface area contributed by atoms with Crippen molar-refractivity contribution in [1.82, 2.24) is 4.90 Å². The Morgan fingerprint density at radius 2 is 1.94 bits per heavy atom. The summed E-state index contributed by atoms with van der Waals surface area (Å²) in [5.74, 6) is 0. The topological polar surface area (TPSA) is 37.4 Å². The lowest BCUT2D eigenvalue weighted by molar-refractivity contribution is 0.400. The van der Waals surface area contributed by atoms with Crippen molar-refractivity contribution in [2.24, 2.45) is 0 Å². The van der Waals surface area contributed by atoms with Crippen LogP contribution in [0.1, 0.15) is 12.0 Å². The number of nitrogens with zero attached hydrogens (tertiary/aromatic N) is 1. The summed E-state index contributed by atoms with van der Waals surface area (Å²) in [4.78, 5) is 2.53. The van der Waals surface area contributed by atoms with Crippen molar-refractivity contribution >= 4 is 25.8 Å². The maximum Gasteiger partial charge on any atom is 0.175 e. The highest BCUT2D eigenvalue weighted by molar-refractivity contribution is 9.10. The normalized spacial score (nSPS) is 12.1. The second-order valence-corrected chi connectivity index (χ2v) is 7.33. The molecule has 1 aromatic rings. The van der Waals surface area contributed by atoms with E-state index in [0.717, 1.165) is 29.4 Å². The Bertz CT molecular complexity index is 483. The Kier molecular flexibility index (Phi) is 5.16. The minimum atomic E-state index is -3.15. The van der Waals surface area contributed by atoms with Crippen molar-refractivity contribution in [3.05, 3.63) is 28.2 Å². The number of aryl methyl sites for hydroxylation is 1. The molecule has 1 aromatic carbocycles. The monoisotopic (exact) mass is 319 g/mol. The lowest BCUT2D eigenvalue weighted by Crippen LogP contribution is -2.14. The van der Waals surface area contributed by atoms with Crippen molar-refractivity contribution in [3.63, 3.8) is 0 Å². The predicted molar refractivity (Wildman–Crippen MR) is 74.1 cm³/mol. The molecular formula is C12H18BrNO2S. The highest BCUT2D eigenvalue weighted by Crippen LogP contribution is 2.22. The van der Waals surface area contributed by atoms with Gasteiger partial charge in [0.2, 0.25) is 0 Å². The summed E-state index contributed by atoms with van der Waals surface area (Å²) in [5.41, 5.74) is 0.901. The molecule has 0 aliphatic carbocycles. The molecule has 3 nitrogen and oxygen atoms in total. The first-order chi connectivity index (χ1) is 7.80. The molecule has 17 heavy (non-hydrogen) atoms. The van der Waals surface area contributed by atoms with E-state index in [2.05, 4.69) is 20.8 Å². The van der Waals surface area contributed by atoms with Gasteiger partial charge >= 0.3 is 0 Å². The van der Waals surface area contributed by atoms with Gasteiger partial charge < -0.3 is 4.90 Å². The zero-order chi connectivity index (χ0) is 13.1. The number of halogens is 1. The third-order valence-electron chi connectivity index (χ3n) is 2.48. The maximum absolute atomic E-state index is 11.7. The van der Waals surface area contributed by atoms with Crippen LogP contribution in [0.25, 0.3) is 0 Å². The Morgan fingerprint density at radius 3 is 2.47 bits per heavy atom. The van der Waals surface area contributed by atoms with Crippen molar-refractivity contribution in [3.8, 4) is 0 Å². The summed E-state index contributed by atoms with van der Waals surface area (Å²) >= 11 is 3.31. The van der Waals surface area contributed by atoms with Gasteiger partial charge in [-0.25, -0.2) is 8.42 Å². The summed E-state index contributed by atoms with van der Waals surface area (Å²) in [6, 6.07) is 5.45. The van der Waals surface area contributed by atoms with Gasteiger partial charge in [0.05, 0.1) is 4.90 Å². The van der Waals surface area contributed by atoms with E-state index in [1.165, 1.54) is 6.26 Å². The molecular weight excluding hydrogens is 302 g/mol. The SMILES string of the molecule is CN(C)CCCc1ccc(Br)cc1S(C)(=O)=O. The van der Waals surface area contributed by atoms with Crippen LogP contribution in [0.15, 0.2) is 27.6 Å². The van der Waals surface area contributed by atoms with Crippen molar-refractivity contribution in [2.45, 2.75) is 17.7 Å². The molecule has 0 aliphatic heterocycles. The summed E-state index contributed by atoms with van der Waals surface area (Å²) in [5, 5.41) is 0. The third kappa shape index (κ3) is 4.77. The molecule has 0 saturated heterocycles. The molecule has 0 bridgehead atoms. The van der Waals surface area contributed by atoms with Crippen molar-refractivity contribution in [1.29, 1.82) is 0 Å². The van der Waals surface area contributed by atoms with E-state index in [-0.39, 0.29) is 0 Å². The number of hydrogen-bond acceptors (Lipinski definition) is 3. The molecule has 0 heterocycles. The Morgan fingerprint density at radius 1 is 1.29 bits per heavy atom. The lowest BCUT2D eigenvalue weighted by Gasteiger charge is -2.11. The van der Waals surface area contributed by atoms with E-state index >= 15 is 0 Å². The minimum Gasteiger partial charge on any atom is -0.309 e. The van der Waals surface area contributed by atoms with Gasteiger partial charge in [0, 0.05) is 10.7 Å². The van der Waals surface area contributed by atoms with Gasteiger partial charge in [-0.05, 0) is 51.2 Å². The van der Waals surface area contributed by atoms with Gasteiger partial charge in [-0.15, -0.1) is 0 Å². The molecule has 1 rings (SSSR count). The molecule has 0 aliphatic rings. The highest BCUT2D eigenvalue weighted by Gasteiger charge is 2.13. The molecule has 0 unspecified atom stereocenters. The lowest BCUT2D eigenvalue weighted by atomic mass is 10.1. The fourth-order valence-corrected chi connectivity index (χ4v) is 3.17. The van der Waals surface area contributed by atoms with E-state index in [1.807, 2.05) is 26.2 Å². The quantitative estimate of drug-likeness (QED) is 0.836. The number of hydrogen-bond donors (Lipinski definition) is 0. The minimum absolute atomic E-state index is 0.436. The molecule has 0 amide bonds. The van der Waals surface area contributed by atoms with Crippen LogP contribution in [0.2, 0.25) is 0 Å². The van der Waals surface area contributed by atoms with Crippen LogP contribution < -0.4 is 0 Å². The second-order valence-electron chi connectivity index (χ2n) is 4.43. The molecule has 0 atom stereocenters. The van der Waals surface area contributed by atoms with Gasteiger partial charge in [0.1, 0.15) is 0 Å². The average molecular weight is 320 g/mol. The van der Waals surface area contributed by atoms with Crippen LogP contribution in [0.5, 0.6) is 0 Å². The number of sulfone groups is 1. The van der Waals surface area contributed by atoms with Gasteiger partial charge in [-0.1, -0.05) is 22.0 Å². The first kappa shape index (κ1) is 14.7. The zero-order valence-electron chi connectivity index (χ0n) is 10.4. The fraction of sp³-hybridized carbons (Fsp3) is 0.500. The summed E-state index contributed by atoms with van der Waals surface area (Å²) in [7, 11) is 0.876. The largest absolute Gasteiger partial charge is 0.309 e. The van der Waals surface area contributed by atoms with Gasteiger partial charge in [0.25, 0.3) is 0 Å². The first-order valence-corrected chi connectivity index (χ1v) is 8.12.